The van der Waals surface area contributed by atoms with Crippen LogP contribution in [0.1, 0.15) is 83.1 Å². The number of unbranched alkanes of at least 4 members (excludes halogenated alkanes) is 10. The van der Waals surface area contributed by atoms with Crippen molar-refractivity contribution in [1.82, 2.24) is 0 Å². The Balaban J connectivity index is 1.40. The van der Waals surface area contributed by atoms with Crippen molar-refractivity contribution < 1.29 is 9.47 Å². The van der Waals surface area contributed by atoms with E-state index in [4.69, 9.17) is 9.47 Å². The van der Waals surface area contributed by atoms with Crippen molar-refractivity contribution in [2.45, 2.75) is 90.1 Å². The van der Waals surface area contributed by atoms with E-state index in [0.29, 0.717) is 12.7 Å². The third-order valence-electron chi connectivity index (χ3n) is 5.01. The molecule has 146 valence electrons. The molecule has 1 fully saturated rings. The fraction of sp³-hybridized carbons (Fsp3) is 0.667. The molecule has 2 nitrogen and oxygen atoms in total. The van der Waals surface area contributed by atoms with Crippen molar-refractivity contribution >= 4 is 0 Å². The lowest BCUT2D eigenvalue weighted by Gasteiger charge is -2.04. The second-order valence-electron chi connectivity index (χ2n) is 7.56. The molecule has 1 aliphatic rings. The van der Waals surface area contributed by atoms with Crippen molar-refractivity contribution in [3.05, 3.63) is 42.0 Å². The molecule has 1 heterocycles. The quantitative estimate of drug-likeness (QED) is 0.183. The first-order chi connectivity index (χ1) is 12.9. The van der Waals surface area contributed by atoms with Crippen LogP contribution < -0.4 is 4.74 Å². The molecule has 0 radical (unpaired) electrons. The van der Waals surface area contributed by atoms with Gasteiger partial charge in [-0.15, -0.1) is 0 Å². The zero-order valence-electron chi connectivity index (χ0n) is 16.8. The fourth-order valence-corrected chi connectivity index (χ4v) is 3.16. The Hall–Kier alpha value is -1.28. The summed E-state index contributed by atoms with van der Waals surface area (Å²) in [5.74, 6) is 0.943. The predicted octanol–water partition coefficient (Wildman–Crippen LogP) is 6.87. The smallest absolute Gasteiger partial charge is 0.119 e. The minimum absolute atomic E-state index is 0.323. The monoisotopic (exact) mass is 358 g/mol. The topological polar surface area (TPSA) is 21.8 Å². The maximum Gasteiger partial charge on any atom is 0.119 e. The molecule has 2 rings (SSSR count). The van der Waals surface area contributed by atoms with Crippen LogP contribution in [0.3, 0.4) is 0 Å². The molecule has 1 saturated heterocycles. The highest BCUT2D eigenvalue weighted by atomic mass is 16.6. The van der Waals surface area contributed by atoms with Crippen LogP contribution in [0.2, 0.25) is 0 Å². The van der Waals surface area contributed by atoms with Crippen LogP contribution in [-0.4, -0.2) is 19.3 Å². The normalized spacial score (nSPS) is 16.3. The summed E-state index contributed by atoms with van der Waals surface area (Å²) in [6.45, 7) is 3.81. The highest BCUT2D eigenvalue weighted by Crippen LogP contribution is 2.16. The number of hydrogen-bond donors (Lipinski definition) is 0. The van der Waals surface area contributed by atoms with Gasteiger partial charge in [0, 0.05) is 0 Å². The Labute approximate surface area is 161 Å². The van der Waals surface area contributed by atoms with E-state index in [1.165, 1.54) is 76.2 Å². The lowest BCUT2D eigenvalue weighted by atomic mass is 10.1. The Bertz CT molecular complexity index is 473. The van der Waals surface area contributed by atoms with Crippen LogP contribution in [0, 0.1) is 0 Å². The van der Waals surface area contributed by atoms with Gasteiger partial charge >= 0.3 is 0 Å². The molecular formula is C24H38O2. The fourth-order valence-electron chi connectivity index (χ4n) is 3.16. The van der Waals surface area contributed by atoms with Crippen molar-refractivity contribution in [3.63, 3.8) is 0 Å². The third-order valence-corrected chi connectivity index (χ3v) is 5.01. The van der Waals surface area contributed by atoms with Gasteiger partial charge in [-0.2, -0.15) is 0 Å². The summed E-state index contributed by atoms with van der Waals surface area (Å²) in [4.78, 5) is 0. The summed E-state index contributed by atoms with van der Waals surface area (Å²) in [5, 5.41) is 0. The molecule has 2 heteroatoms. The molecule has 0 spiro atoms. The maximum atomic E-state index is 5.66. The summed E-state index contributed by atoms with van der Waals surface area (Å²) in [7, 11) is 0. The van der Waals surface area contributed by atoms with Gasteiger partial charge in [-0.05, 0) is 37.0 Å². The van der Waals surface area contributed by atoms with E-state index >= 15 is 0 Å². The number of epoxide rings is 1. The molecule has 1 aromatic carbocycles. The summed E-state index contributed by atoms with van der Waals surface area (Å²) in [6, 6.07) is 8.45. The molecule has 1 unspecified atom stereocenters. The highest BCUT2D eigenvalue weighted by Gasteiger charge is 2.22. The summed E-state index contributed by atoms with van der Waals surface area (Å²) in [6.07, 6.45) is 21.3. The second kappa shape index (κ2) is 13.9. The van der Waals surface area contributed by atoms with Gasteiger partial charge in [0.2, 0.25) is 0 Å². The molecule has 0 aliphatic carbocycles. The zero-order valence-corrected chi connectivity index (χ0v) is 16.8. The molecule has 1 aromatic rings. The van der Waals surface area contributed by atoms with Crippen molar-refractivity contribution in [3.8, 4) is 5.75 Å². The minimum Gasteiger partial charge on any atom is -0.491 e. The van der Waals surface area contributed by atoms with Gasteiger partial charge in [-0.3, -0.25) is 0 Å². The number of allylic oxidation sites excluding steroid dienone is 2. The first kappa shape index (κ1) is 21.0. The molecular weight excluding hydrogens is 320 g/mol. The van der Waals surface area contributed by atoms with E-state index in [1.54, 1.807) is 0 Å². The van der Waals surface area contributed by atoms with E-state index in [0.717, 1.165) is 18.8 Å². The maximum absolute atomic E-state index is 5.66. The number of benzene rings is 1. The SMILES string of the molecule is CCCCCCCCCCCC/C=C/Cc1ccc(OCC2CO2)cc1. The lowest BCUT2D eigenvalue weighted by Crippen LogP contribution is -2.03. The van der Waals surface area contributed by atoms with E-state index in [1.807, 2.05) is 0 Å². The number of hydrogen-bond acceptors (Lipinski definition) is 2. The zero-order chi connectivity index (χ0) is 18.3. The van der Waals surface area contributed by atoms with E-state index < -0.39 is 0 Å². The van der Waals surface area contributed by atoms with Gasteiger partial charge in [0.15, 0.2) is 0 Å². The van der Waals surface area contributed by atoms with Gasteiger partial charge in [-0.1, -0.05) is 89.0 Å². The molecule has 0 aromatic heterocycles. The number of rotatable bonds is 16. The molecule has 0 bridgehead atoms. The second-order valence-corrected chi connectivity index (χ2v) is 7.56. The predicted molar refractivity (Wildman–Crippen MR) is 111 cm³/mol. The summed E-state index contributed by atoms with van der Waals surface area (Å²) >= 11 is 0. The minimum atomic E-state index is 0.323. The molecule has 1 aliphatic heterocycles. The van der Waals surface area contributed by atoms with E-state index in [2.05, 4.69) is 43.3 Å². The van der Waals surface area contributed by atoms with Crippen LogP contribution >= 0.6 is 0 Å². The van der Waals surface area contributed by atoms with Gasteiger partial charge in [0.25, 0.3) is 0 Å². The first-order valence-electron chi connectivity index (χ1n) is 10.9. The summed E-state index contributed by atoms with van der Waals surface area (Å²) < 4.78 is 10.8. The van der Waals surface area contributed by atoms with Crippen LogP contribution in [-0.2, 0) is 11.2 Å². The van der Waals surface area contributed by atoms with Gasteiger partial charge in [0.05, 0.1) is 6.61 Å². The largest absolute Gasteiger partial charge is 0.491 e. The van der Waals surface area contributed by atoms with Crippen molar-refractivity contribution in [2.75, 3.05) is 13.2 Å². The lowest BCUT2D eigenvalue weighted by molar-refractivity contribution is 0.263. The average Bonchev–Trinajstić information content (AvgIpc) is 3.49. The Morgan fingerprint density at radius 2 is 1.50 bits per heavy atom. The van der Waals surface area contributed by atoms with Crippen molar-refractivity contribution in [1.29, 1.82) is 0 Å². The molecule has 0 amide bonds. The third kappa shape index (κ3) is 10.7. The Morgan fingerprint density at radius 3 is 2.12 bits per heavy atom. The van der Waals surface area contributed by atoms with Crippen LogP contribution in [0.4, 0.5) is 0 Å². The first-order valence-corrected chi connectivity index (χ1v) is 10.9. The van der Waals surface area contributed by atoms with E-state index in [9.17, 15) is 0 Å². The van der Waals surface area contributed by atoms with E-state index in [-0.39, 0.29) is 0 Å². The van der Waals surface area contributed by atoms with Crippen molar-refractivity contribution in [2.24, 2.45) is 0 Å². The molecule has 26 heavy (non-hydrogen) atoms. The number of ether oxygens (including phenoxy) is 2. The molecule has 0 saturated carbocycles. The van der Waals surface area contributed by atoms with Gasteiger partial charge in [0.1, 0.15) is 18.5 Å². The van der Waals surface area contributed by atoms with Gasteiger partial charge in [-0.25, -0.2) is 0 Å². The Kier molecular flexibility index (Phi) is 11.2. The average molecular weight is 359 g/mol. The highest BCUT2D eigenvalue weighted by molar-refractivity contribution is 5.28. The molecule has 1 atom stereocenters. The van der Waals surface area contributed by atoms with Gasteiger partial charge < -0.3 is 9.47 Å². The standard InChI is InChI=1S/C24H38O2/c1-2-3-4-5-6-7-8-9-10-11-12-13-14-15-22-16-18-23(19-17-22)25-20-24-21-26-24/h13-14,16-19,24H,2-12,15,20-21H2,1H3/b14-13+. The van der Waals surface area contributed by atoms with Crippen LogP contribution in [0.25, 0.3) is 0 Å². The summed E-state index contributed by atoms with van der Waals surface area (Å²) in [5.41, 5.74) is 1.35. The van der Waals surface area contributed by atoms with Crippen LogP contribution in [0.15, 0.2) is 36.4 Å². The van der Waals surface area contributed by atoms with Crippen LogP contribution in [0.5, 0.6) is 5.75 Å². The Morgan fingerprint density at radius 1 is 0.885 bits per heavy atom. The molecule has 0 N–H and O–H groups in total.